The van der Waals surface area contributed by atoms with E-state index >= 15 is 0 Å². The van der Waals surface area contributed by atoms with Crippen molar-refractivity contribution in [2.45, 2.75) is 25.8 Å². The molecule has 2 amide bonds. The lowest BCUT2D eigenvalue weighted by molar-refractivity contribution is -1.01. The monoisotopic (exact) mass is 414 g/mol. The maximum atomic E-state index is 12.6. The first kappa shape index (κ1) is 20.4. The number of benzene rings is 1. The molecule has 1 atom stereocenters. The molecule has 3 rings (SSSR count). The molecule has 27 heavy (non-hydrogen) atoms. The molecule has 148 valence electrons. The van der Waals surface area contributed by atoms with Gasteiger partial charge in [-0.25, -0.2) is 0 Å². The van der Waals surface area contributed by atoms with Gasteiger partial charge in [0.1, 0.15) is 26.2 Å². The van der Waals surface area contributed by atoms with Crippen LogP contribution in [0.3, 0.4) is 0 Å². The molecule has 8 heteroatoms. The van der Waals surface area contributed by atoms with E-state index in [4.69, 9.17) is 23.2 Å². The van der Waals surface area contributed by atoms with Gasteiger partial charge in [0.25, 0.3) is 11.8 Å². The van der Waals surface area contributed by atoms with Crippen LogP contribution in [0.2, 0.25) is 10.0 Å². The van der Waals surface area contributed by atoms with Crippen LogP contribution in [0, 0.1) is 0 Å². The van der Waals surface area contributed by atoms with Crippen molar-refractivity contribution < 1.29 is 19.4 Å². The van der Waals surface area contributed by atoms with E-state index in [1.807, 2.05) is 11.8 Å². The standard InChI is InChI=1S/C19H26Cl2N4O2/c1-14(19(27)22-17-5-4-15(20)12-16(17)21)24-10-8-23(9-11-24)13-18(26)25-6-2-3-7-25/h4-5,12,14H,2-3,6-11,13H2,1H3,(H,22,27)/p+2/t14-/m0/s1. The Morgan fingerprint density at radius 1 is 1.15 bits per heavy atom. The quantitative estimate of drug-likeness (QED) is 0.620. The summed E-state index contributed by atoms with van der Waals surface area (Å²) in [4.78, 5) is 29.5. The fourth-order valence-corrected chi connectivity index (χ4v) is 4.30. The van der Waals surface area contributed by atoms with Gasteiger partial charge in [-0.2, -0.15) is 0 Å². The Kier molecular flexibility index (Phi) is 6.98. The summed E-state index contributed by atoms with van der Waals surface area (Å²) in [5, 5.41) is 3.88. The van der Waals surface area contributed by atoms with Gasteiger partial charge in [0.05, 0.1) is 10.7 Å². The van der Waals surface area contributed by atoms with Crippen molar-refractivity contribution >= 4 is 40.7 Å². The van der Waals surface area contributed by atoms with Crippen LogP contribution in [0.15, 0.2) is 18.2 Å². The zero-order chi connectivity index (χ0) is 19.4. The Morgan fingerprint density at radius 3 is 2.44 bits per heavy atom. The highest BCUT2D eigenvalue weighted by atomic mass is 35.5. The second-order valence-corrected chi connectivity index (χ2v) is 8.35. The average molecular weight is 415 g/mol. The van der Waals surface area contributed by atoms with Gasteiger partial charge in [-0.3, -0.25) is 9.59 Å². The molecule has 2 aliphatic heterocycles. The van der Waals surface area contributed by atoms with Gasteiger partial charge in [0.2, 0.25) is 0 Å². The second kappa shape index (κ2) is 9.24. The Labute approximate surface area is 170 Å². The Hall–Kier alpha value is -1.34. The number of hydrogen-bond acceptors (Lipinski definition) is 2. The predicted molar refractivity (Wildman–Crippen MR) is 107 cm³/mol. The van der Waals surface area contributed by atoms with E-state index in [0.717, 1.165) is 52.1 Å². The third kappa shape index (κ3) is 5.35. The van der Waals surface area contributed by atoms with Crippen molar-refractivity contribution in [3.63, 3.8) is 0 Å². The van der Waals surface area contributed by atoms with Crippen LogP contribution in [0.5, 0.6) is 0 Å². The van der Waals surface area contributed by atoms with E-state index in [-0.39, 0.29) is 17.9 Å². The number of carbonyl (C=O) groups excluding carboxylic acids is 2. The van der Waals surface area contributed by atoms with E-state index in [9.17, 15) is 9.59 Å². The van der Waals surface area contributed by atoms with Crippen molar-refractivity contribution in [3.05, 3.63) is 28.2 Å². The van der Waals surface area contributed by atoms with Gasteiger partial charge >= 0.3 is 0 Å². The minimum absolute atomic E-state index is 0.0502. The summed E-state index contributed by atoms with van der Waals surface area (Å²) in [6.45, 7) is 7.92. The number of carbonyl (C=O) groups is 2. The highest BCUT2D eigenvalue weighted by molar-refractivity contribution is 6.36. The predicted octanol–water partition coefficient (Wildman–Crippen LogP) is -0.274. The van der Waals surface area contributed by atoms with Crippen LogP contribution in [0.4, 0.5) is 5.69 Å². The molecule has 1 aromatic carbocycles. The van der Waals surface area contributed by atoms with Gasteiger partial charge in [-0.05, 0) is 38.0 Å². The summed E-state index contributed by atoms with van der Waals surface area (Å²) in [6.07, 6.45) is 2.26. The molecule has 1 aromatic rings. The van der Waals surface area contributed by atoms with Crippen LogP contribution >= 0.6 is 23.2 Å². The van der Waals surface area contributed by atoms with E-state index < -0.39 is 0 Å². The van der Waals surface area contributed by atoms with Crippen molar-refractivity contribution in [2.75, 3.05) is 51.1 Å². The van der Waals surface area contributed by atoms with E-state index in [2.05, 4.69) is 5.32 Å². The van der Waals surface area contributed by atoms with Crippen molar-refractivity contribution in [3.8, 4) is 0 Å². The lowest BCUT2D eigenvalue weighted by Crippen LogP contribution is -3.30. The molecule has 2 aliphatic rings. The van der Waals surface area contributed by atoms with Crippen LogP contribution in [-0.2, 0) is 9.59 Å². The second-order valence-electron chi connectivity index (χ2n) is 7.51. The van der Waals surface area contributed by atoms with Crippen molar-refractivity contribution in [1.29, 1.82) is 0 Å². The van der Waals surface area contributed by atoms with Crippen LogP contribution in [0.1, 0.15) is 19.8 Å². The Bertz CT molecular complexity index is 686. The van der Waals surface area contributed by atoms with Gasteiger partial charge in [-0.1, -0.05) is 23.2 Å². The zero-order valence-corrected chi connectivity index (χ0v) is 17.2. The highest BCUT2D eigenvalue weighted by Gasteiger charge is 2.33. The van der Waals surface area contributed by atoms with Crippen LogP contribution in [-0.4, -0.2) is 68.6 Å². The first-order chi connectivity index (χ1) is 12.9. The maximum Gasteiger partial charge on any atom is 0.282 e. The molecule has 0 radical (unpaired) electrons. The molecular weight excluding hydrogens is 387 g/mol. The first-order valence-corrected chi connectivity index (χ1v) is 10.4. The molecule has 2 heterocycles. The molecule has 0 unspecified atom stereocenters. The van der Waals surface area contributed by atoms with E-state index in [0.29, 0.717) is 22.3 Å². The van der Waals surface area contributed by atoms with Crippen molar-refractivity contribution in [1.82, 2.24) is 4.90 Å². The number of anilines is 1. The molecule has 6 nitrogen and oxygen atoms in total. The Morgan fingerprint density at radius 2 is 1.81 bits per heavy atom. The van der Waals surface area contributed by atoms with E-state index in [1.165, 1.54) is 9.80 Å². The minimum atomic E-state index is -0.174. The summed E-state index contributed by atoms with van der Waals surface area (Å²) in [5.41, 5.74) is 0.581. The Balaban J connectivity index is 1.46. The van der Waals surface area contributed by atoms with Gasteiger partial charge in [-0.15, -0.1) is 0 Å². The van der Waals surface area contributed by atoms with Crippen molar-refractivity contribution in [2.24, 2.45) is 0 Å². The number of likely N-dealkylation sites (tertiary alicyclic amines) is 1. The SMILES string of the molecule is C[C@@H](C(=O)Nc1ccc(Cl)cc1Cl)[NH+]1CC[NH+](CC(=O)N2CCCC2)CC1. The molecule has 0 aromatic heterocycles. The zero-order valence-electron chi connectivity index (χ0n) is 15.7. The van der Waals surface area contributed by atoms with Crippen LogP contribution in [0.25, 0.3) is 0 Å². The molecule has 0 saturated carbocycles. The fraction of sp³-hybridized carbons (Fsp3) is 0.579. The lowest BCUT2D eigenvalue weighted by Gasteiger charge is -2.33. The molecule has 0 bridgehead atoms. The summed E-state index contributed by atoms with van der Waals surface area (Å²) in [6, 6.07) is 4.87. The summed E-state index contributed by atoms with van der Waals surface area (Å²) in [7, 11) is 0. The fourth-order valence-electron chi connectivity index (χ4n) is 3.84. The average Bonchev–Trinajstić information content (AvgIpc) is 3.19. The number of halogens is 2. The maximum absolute atomic E-state index is 12.6. The minimum Gasteiger partial charge on any atom is -0.338 e. The first-order valence-electron chi connectivity index (χ1n) is 9.66. The number of nitrogens with zero attached hydrogens (tertiary/aromatic N) is 1. The number of quaternary nitrogens is 2. The lowest BCUT2D eigenvalue weighted by atomic mass is 10.2. The smallest absolute Gasteiger partial charge is 0.282 e. The normalized spacial score (nSPS) is 23.9. The van der Waals surface area contributed by atoms with Crippen LogP contribution < -0.4 is 15.1 Å². The molecular formula is C19H28Cl2N4O2+2. The topological polar surface area (TPSA) is 58.3 Å². The molecule has 2 fully saturated rings. The van der Waals surface area contributed by atoms with E-state index in [1.54, 1.807) is 18.2 Å². The van der Waals surface area contributed by atoms with Gasteiger partial charge < -0.3 is 20.0 Å². The highest BCUT2D eigenvalue weighted by Crippen LogP contribution is 2.25. The summed E-state index contributed by atoms with van der Waals surface area (Å²) < 4.78 is 0. The third-order valence-corrected chi connectivity index (χ3v) is 6.20. The number of nitrogens with one attached hydrogen (secondary N) is 3. The molecule has 3 N–H and O–H groups in total. The number of amides is 2. The summed E-state index contributed by atoms with van der Waals surface area (Å²) >= 11 is 12.0. The molecule has 0 aliphatic carbocycles. The van der Waals surface area contributed by atoms with Gasteiger partial charge in [0.15, 0.2) is 12.6 Å². The number of rotatable bonds is 5. The molecule has 2 saturated heterocycles. The third-order valence-electron chi connectivity index (χ3n) is 5.65. The number of hydrogen-bond donors (Lipinski definition) is 3. The summed E-state index contributed by atoms with van der Waals surface area (Å²) in [5.74, 6) is 0.222. The van der Waals surface area contributed by atoms with Gasteiger partial charge in [0, 0.05) is 18.1 Å². The largest absolute Gasteiger partial charge is 0.338 e. The molecule has 0 spiro atoms. The number of piperazine rings is 1.